The van der Waals surface area contributed by atoms with E-state index in [9.17, 15) is 23.9 Å². The number of carboxylic acid groups (broad SMARTS) is 1. The third-order valence-corrected chi connectivity index (χ3v) is 6.65. The van der Waals surface area contributed by atoms with E-state index < -0.39 is 24.0 Å². The van der Waals surface area contributed by atoms with Crippen molar-refractivity contribution in [3.05, 3.63) is 70.5 Å². The number of urea groups is 1. The summed E-state index contributed by atoms with van der Waals surface area (Å²) in [6.45, 7) is 2.22. The van der Waals surface area contributed by atoms with Crippen LogP contribution in [-0.2, 0) is 16.0 Å². The van der Waals surface area contributed by atoms with Crippen LogP contribution in [0.15, 0.2) is 53.5 Å². The number of aryl methyl sites for hydroxylation is 1. The summed E-state index contributed by atoms with van der Waals surface area (Å²) in [6, 6.07) is 12.0. The van der Waals surface area contributed by atoms with Gasteiger partial charge >= 0.3 is 12.0 Å². The van der Waals surface area contributed by atoms with E-state index in [4.69, 9.17) is 11.6 Å². The molecule has 1 heterocycles. The molecule has 2 aromatic rings. The summed E-state index contributed by atoms with van der Waals surface area (Å²) in [5.41, 5.74) is 1.92. The summed E-state index contributed by atoms with van der Waals surface area (Å²) < 4.78 is 13.0. The van der Waals surface area contributed by atoms with E-state index in [-0.39, 0.29) is 24.0 Å². The van der Waals surface area contributed by atoms with Gasteiger partial charge in [-0.2, -0.15) is 0 Å². The molecule has 2 unspecified atom stereocenters. The number of hydrogen-bond donors (Lipinski definition) is 1. The van der Waals surface area contributed by atoms with Gasteiger partial charge in [0.1, 0.15) is 11.7 Å². The molecule has 0 saturated carbocycles. The largest absolute Gasteiger partial charge is 0.481 e. The zero-order valence-electron chi connectivity index (χ0n) is 20.5. The first-order valence-corrected chi connectivity index (χ1v) is 12.4. The zero-order chi connectivity index (χ0) is 26.2. The number of aliphatic carboxylic acids is 1. The third kappa shape index (κ3) is 7.13. The fourth-order valence-corrected chi connectivity index (χ4v) is 4.67. The van der Waals surface area contributed by atoms with Gasteiger partial charge in [0.25, 0.3) is 0 Å². The molecule has 0 bridgehead atoms. The molecule has 0 saturated heterocycles. The average molecular weight is 516 g/mol. The third-order valence-electron chi connectivity index (χ3n) is 6.41. The van der Waals surface area contributed by atoms with Crippen molar-refractivity contribution < 1.29 is 23.9 Å². The molecule has 7 nitrogen and oxygen atoms in total. The maximum absolute atomic E-state index is 13.0. The number of aliphatic imine (C=N–C) groups is 1. The number of hydrogen-bond acceptors (Lipinski definition) is 3. The van der Waals surface area contributed by atoms with Crippen molar-refractivity contribution in [2.24, 2.45) is 10.9 Å². The van der Waals surface area contributed by atoms with Gasteiger partial charge in [0.05, 0.1) is 6.04 Å². The quantitative estimate of drug-likeness (QED) is 0.407. The molecule has 3 amide bonds. The standard InChI is InChI=1S/C27H31ClFN3O4/c1-18-24(26(34)35)25(20-8-5-9-21(28)17-20)32(27(36)30-18)16-6-15-31(2)23(33)10-4-3-7-19-11-13-22(29)14-12-19/h5,8-9,11-14,17,24-25H,3-4,6-7,10,15-16H2,1-2H3,(H,34,35). The van der Waals surface area contributed by atoms with Gasteiger partial charge in [0, 0.05) is 37.3 Å². The van der Waals surface area contributed by atoms with Gasteiger partial charge in [0.15, 0.2) is 0 Å². The maximum atomic E-state index is 13.0. The topological polar surface area (TPSA) is 90.3 Å². The lowest BCUT2D eigenvalue weighted by Crippen LogP contribution is -2.47. The van der Waals surface area contributed by atoms with Crippen LogP contribution in [-0.4, -0.2) is 58.7 Å². The van der Waals surface area contributed by atoms with Crippen molar-refractivity contribution in [1.29, 1.82) is 0 Å². The van der Waals surface area contributed by atoms with Crippen LogP contribution in [0, 0.1) is 11.7 Å². The Labute approximate surface area is 215 Å². The molecule has 2 atom stereocenters. The van der Waals surface area contributed by atoms with Crippen LogP contribution < -0.4 is 0 Å². The number of unbranched alkanes of at least 4 members (excludes halogenated alkanes) is 1. The molecule has 0 aliphatic carbocycles. The van der Waals surface area contributed by atoms with Crippen molar-refractivity contribution >= 4 is 35.2 Å². The number of nitrogens with zero attached hydrogens (tertiary/aromatic N) is 3. The molecule has 1 aliphatic heterocycles. The molecule has 9 heteroatoms. The Hall–Kier alpha value is -3.26. The SMILES string of the molecule is CC1=NC(=O)N(CCCN(C)C(=O)CCCCc2ccc(F)cc2)C(c2cccc(Cl)c2)C1C(=O)O. The fraction of sp³-hybridized carbons (Fsp3) is 0.407. The number of rotatable bonds is 11. The number of carbonyl (C=O) groups excluding carboxylic acids is 2. The second-order valence-electron chi connectivity index (χ2n) is 9.05. The summed E-state index contributed by atoms with van der Waals surface area (Å²) >= 11 is 6.15. The summed E-state index contributed by atoms with van der Waals surface area (Å²) in [4.78, 5) is 44.4. The number of benzene rings is 2. The maximum Gasteiger partial charge on any atom is 0.344 e. The van der Waals surface area contributed by atoms with E-state index >= 15 is 0 Å². The van der Waals surface area contributed by atoms with E-state index in [1.165, 1.54) is 17.0 Å². The molecule has 1 N–H and O–H groups in total. The second-order valence-corrected chi connectivity index (χ2v) is 9.48. The molecule has 0 aromatic heterocycles. The molecular weight excluding hydrogens is 485 g/mol. The lowest BCUT2D eigenvalue weighted by molar-refractivity contribution is -0.141. The normalized spacial score (nSPS) is 17.6. The molecule has 3 rings (SSSR count). The minimum absolute atomic E-state index is 0.00254. The van der Waals surface area contributed by atoms with Gasteiger partial charge in [-0.1, -0.05) is 35.9 Å². The van der Waals surface area contributed by atoms with E-state index in [1.54, 1.807) is 55.3 Å². The van der Waals surface area contributed by atoms with Crippen LogP contribution in [0.25, 0.3) is 0 Å². The van der Waals surface area contributed by atoms with Gasteiger partial charge in [0.2, 0.25) is 5.91 Å². The lowest BCUT2D eigenvalue weighted by atomic mass is 9.87. The molecule has 0 radical (unpaired) electrons. The minimum Gasteiger partial charge on any atom is -0.481 e. The van der Waals surface area contributed by atoms with Crippen LogP contribution in [0.3, 0.4) is 0 Å². The highest BCUT2D eigenvalue weighted by atomic mass is 35.5. The Morgan fingerprint density at radius 2 is 1.86 bits per heavy atom. The number of carboxylic acids is 1. The number of halogens is 2. The van der Waals surface area contributed by atoms with Crippen LogP contribution in [0.5, 0.6) is 0 Å². The van der Waals surface area contributed by atoms with Gasteiger partial charge in [-0.15, -0.1) is 0 Å². The zero-order valence-corrected chi connectivity index (χ0v) is 21.2. The van der Waals surface area contributed by atoms with E-state index in [0.717, 1.165) is 24.8 Å². The molecule has 36 heavy (non-hydrogen) atoms. The van der Waals surface area contributed by atoms with Gasteiger partial charge < -0.3 is 14.9 Å². The molecular formula is C27H31ClFN3O4. The van der Waals surface area contributed by atoms with E-state index in [0.29, 0.717) is 30.0 Å². The fourth-order valence-electron chi connectivity index (χ4n) is 4.47. The smallest absolute Gasteiger partial charge is 0.344 e. The molecule has 0 spiro atoms. The van der Waals surface area contributed by atoms with Crippen LogP contribution in [0.1, 0.15) is 49.8 Å². The average Bonchev–Trinajstić information content (AvgIpc) is 2.83. The number of amides is 3. The summed E-state index contributed by atoms with van der Waals surface area (Å²) in [5.74, 6) is -2.31. The predicted molar refractivity (Wildman–Crippen MR) is 137 cm³/mol. The highest BCUT2D eigenvalue weighted by Gasteiger charge is 2.42. The first kappa shape index (κ1) is 27.3. The van der Waals surface area contributed by atoms with Crippen LogP contribution >= 0.6 is 11.6 Å². The van der Waals surface area contributed by atoms with E-state index in [1.807, 2.05) is 0 Å². The first-order valence-electron chi connectivity index (χ1n) is 12.0. The van der Waals surface area contributed by atoms with E-state index in [2.05, 4.69) is 4.99 Å². The number of carbonyl (C=O) groups is 3. The Morgan fingerprint density at radius 3 is 2.53 bits per heavy atom. The molecule has 0 fully saturated rings. The van der Waals surface area contributed by atoms with Gasteiger partial charge in [-0.3, -0.25) is 9.59 Å². The lowest BCUT2D eigenvalue weighted by Gasteiger charge is -2.38. The van der Waals surface area contributed by atoms with Crippen LogP contribution in [0.2, 0.25) is 5.02 Å². The molecule has 192 valence electrons. The summed E-state index contributed by atoms with van der Waals surface area (Å²) in [5, 5.41) is 10.3. The van der Waals surface area contributed by atoms with Crippen molar-refractivity contribution in [2.45, 2.75) is 45.1 Å². The van der Waals surface area contributed by atoms with Crippen molar-refractivity contribution in [1.82, 2.24) is 9.80 Å². The summed E-state index contributed by atoms with van der Waals surface area (Å²) in [7, 11) is 1.72. The molecule has 2 aromatic carbocycles. The predicted octanol–water partition coefficient (Wildman–Crippen LogP) is 5.38. The van der Waals surface area contributed by atoms with Crippen molar-refractivity contribution in [2.75, 3.05) is 20.1 Å². The Morgan fingerprint density at radius 1 is 1.14 bits per heavy atom. The van der Waals surface area contributed by atoms with Gasteiger partial charge in [-0.25, -0.2) is 14.2 Å². The Balaban J connectivity index is 1.55. The van der Waals surface area contributed by atoms with Crippen LogP contribution in [0.4, 0.5) is 9.18 Å². The summed E-state index contributed by atoms with van der Waals surface area (Å²) in [6.07, 6.45) is 3.19. The van der Waals surface area contributed by atoms with Crippen molar-refractivity contribution in [3.8, 4) is 0 Å². The monoisotopic (exact) mass is 515 g/mol. The highest BCUT2D eigenvalue weighted by Crippen LogP contribution is 2.35. The minimum atomic E-state index is -1.06. The Kier molecular flexibility index (Phi) is 9.58. The molecule has 1 aliphatic rings. The second kappa shape index (κ2) is 12.6. The van der Waals surface area contributed by atoms with Gasteiger partial charge in [-0.05, 0) is 68.0 Å². The first-order chi connectivity index (χ1) is 17.2. The highest BCUT2D eigenvalue weighted by molar-refractivity contribution is 6.30. The van der Waals surface area contributed by atoms with Crippen molar-refractivity contribution in [3.63, 3.8) is 0 Å². The Bertz CT molecular complexity index is 1120.